The minimum Gasteiger partial charge on any atom is -0.349 e. The Morgan fingerprint density at radius 2 is 2.00 bits per heavy atom. The van der Waals surface area contributed by atoms with E-state index in [1.165, 1.54) is 5.56 Å². The summed E-state index contributed by atoms with van der Waals surface area (Å²) >= 11 is 0. The summed E-state index contributed by atoms with van der Waals surface area (Å²) in [6.45, 7) is 2.74. The number of nitrogens with one attached hydrogen (secondary N) is 1. The molecule has 0 saturated heterocycles. The number of carbonyl (C=O) groups is 1. The first-order valence-electron chi connectivity index (χ1n) is 6.32. The van der Waals surface area contributed by atoms with Crippen LogP contribution in [0.1, 0.15) is 44.2 Å². The van der Waals surface area contributed by atoms with Gasteiger partial charge in [0.05, 0.1) is 6.04 Å². The maximum absolute atomic E-state index is 11.7. The molecule has 0 aromatic heterocycles. The monoisotopic (exact) mass is 234 g/mol. The number of carbonyl (C=O) groups excluding carboxylic acids is 1. The molecule has 0 bridgehead atoms. The van der Waals surface area contributed by atoms with Gasteiger partial charge in [0.2, 0.25) is 5.91 Å². The van der Waals surface area contributed by atoms with Gasteiger partial charge in [0.15, 0.2) is 0 Å². The molecule has 3 N–H and O–H groups in total. The molecule has 17 heavy (non-hydrogen) atoms. The van der Waals surface area contributed by atoms with Gasteiger partial charge in [0.25, 0.3) is 0 Å². The highest BCUT2D eigenvalue weighted by Crippen LogP contribution is 2.16. The lowest BCUT2D eigenvalue weighted by molar-refractivity contribution is -0.122. The predicted molar refractivity (Wildman–Crippen MR) is 70.5 cm³/mol. The zero-order chi connectivity index (χ0) is 12.5. The second-order valence-corrected chi connectivity index (χ2v) is 4.18. The van der Waals surface area contributed by atoms with E-state index < -0.39 is 0 Å². The number of hydrogen-bond donors (Lipinski definition) is 2. The van der Waals surface area contributed by atoms with E-state index in [2.05, 4.69) is 12.2 Å². The smallest absolute Gasteiger partial charge is 0.220 e. The summed E-state index contributed by atoms with van der Waals surface area (Å²) in [6.07, 6.45) is 3.26. The van der Waals surface area contributed by atoms with Gasteiger partial charge in [0, 0.05) is 6.42 Å². The first-order valence-corrected chi connectivity index (χ1v) is 6.32. The molecule has 0 fully saturated rings. The Morgan fingerprint density at radius 1 is 1.29 bits per heavy atom. The second kappa shape index (κ2) is 7.85. The van der Waals surface area contributed by atoms with Gasteiger partial charge in [-0.05, 0) is 31.4 Å². The van der Waals surface area contributed by atoms with Crippen LogP contribution in [0.3, 0.4) is 0 Å². The Balaban J connectivity index is 2.44. The second-order valence-electron chi connectivity index (χ2n) is 4.18. The number of benzene rings is 1. The van der Waals surface area contributed by atoms with Crippen molar-refractivity contribution in [3.05, 3.63) is 35.9 Å². The summed E-state index contributed by atoms with van der Waals surface area (Å²) in [7, 11) is 0. The maximum Gasteiger partial charge on any atom is 0.220 e. The van der Waals surface area contributed by atoms with Crippen molar-refractivity contribution < 1.29 is 4.79 Å². The van der Waals surface area contributed by atoms with Crippen LogP contribution in [-0.4, -0.2) is 12.5 Å². The fourth-order valence-corrected chi connectivity index (χ4v) is 1.80. The summed E-state index contributed by atoms with van der Waals surface area (Å²) in [5.41, 5.74) is 6.57. The topological polar surface area (TPSA) is 55.1 Å². The number of amides is 1. The zero-order valence-corrected chi connectivity index (χ0v) is 10.5. The standard InChI is InChI=1S/C14H22N2O/c1-2-13(12-8-4-3-5-9-12)16-14(17)10-6-7-11-15/h3-5,8-9,13H,2,6-7,10-11,15H2,1H3,(H,16,17). The van der Waals surface area contributed by atoms with Crippen LogP contribution in [0, 0.1) is 0 Å². The molecule has 1 rings (SSSR count). The molecule has 0 aliphatic carbocycles. The number of nitrogens with two attached hydrogens (primary N) is 1. The molecular weight excluding hydrogens is 212 g/mol. The Kier molecular flexibility index (Phi) is 6.33. The van der Waals surface area contributed by atoms with Crippen molar-refractivity contribution in [1.29, 1.82) is 0 Å². The minimum absolute atomic E-state index is 0.120. The van der Waals surface area contributed by atoms with Crippen LogP contribution in [-0.2, 0) is 4.79 Å². The predicted octanol–water partition coefficient (Wildman–Crippen LogP) is 2.38. The Morgan fingerprint density at radius 3 is 2.59 bits per heavy atom. The van der Waals surface area contributed by atoms with Crippen molar-refractivity contribution in [2.45, 2.75) is 38.6 Å². The summed E-state index contributed by atoms with van der Waals surface area (Å²) < 4.78 is 0. The van der Waals surface area contributed by atoms with E-state index >= 15 is 0 Å². The van der Waals surface area contributed by atoms with Crippen molar-refractivity contribution in [2.24, 2.45) is 5.73 Å². The van der Waals surface area contributed by atoms with Crippen molar-refractivity contribution in [3.8, 4) is 0 Å². The van der Waals surface area contributed by atoms with E-state index in [0.717, 1.165) is 19.3 Å². The van der Waals surface area contributed by atoms with Gasteiger partial charge >= 0.3 is 0 Å². The summed E-state index contributed by atoms with van der Waals surface area (Å²) in [4.78, 5) is 11.7. The molecule has 0 heterocycles. The third kappa shape index (κ3) is 5.00. The maximum atomic E-state index is 11.7. The molecule has 0 radical (unpaired) electrons. The molecule has 1 aromatic rings. The van der Waals surface area contributed by atoms with E-state index in [4.69, 9.17) is 5.73 Å². The van der Waals surface area contributed by atoms with Crippen LogP contribution < -0.4 is 11.1 Å². The first kappa shape index (κ1) is 13.7. The molecule has 1 atom stereocenters. The summed E-state index contributed by atoms with van der Waals surface area (Å²) in [6, 6.07) is 10.2. The van der Waals surface area contributed by atoms with Crippen LogP contribution in [0.2, 0.25) is 0 Å². The lowest BCUT2D eigenvalue weighted by atomic mass is 10.0. The molecule has 0 aliphatic heterocycles. The largest absolute Gasteiger partial charge is 0.349 e. The molecule has 0 spiro atoms. The summed E-state index contributed by atoms with van der Waals surface area (Å²) in [5, 5.41) is 3.06. The molecule has 1 unspecified atom stereocenters. The molecule has 1 aromatic carbocycles. The van der Waals surface area contributed by atoms with Gasteiger partial charge in [-0.3, -0.25) is 4.79 Å². The number of hydrogen-bond acceptors (Lipinski definition) is 2. The minimum atomic E-state index is 0.120. The Labute approximate surface area is 103 Å². The van der Waals surface area contributed by atoms with E-state index in [0.29, 0.717) is 13.0 Å². The average Bonchev–Trinajstić information content (AvgIpc) is 2.37. The Hall–Kier alpha value is -1.35. The highest BCUT2D eigenvalue weighted by molar-refractivity contribution is 5.76. The van der Waals surface area contributed by atoms with Gasteiger partial charge in [-0.1, -0.05) is 37.3 Å². The van der Waals surface area contributed by atoms with Crippen LogP contribution >= 0.6 is 0 Å². The molecule has 3 nitrogen and oxygen atoms in total. The van der Waals surface area contributed by atoms with Gasteiger partial charge < -0.3 is 11.1 Å². The normalized spacial score (nSPS) is 12.1. The lowest BCUT2D eigenvalue weighted by Crippen LogP contribution is -2.27. The highest BCUT2D eigenvalue weighted by atomic mass is 16.1. The molecule has 0 aliphatic rings. The fourth-order valence-electron chi connectivity index (χ4n) is 1.80. The van der Waals surface area contributed by atoms with Crippen molar-refractivity contribution in [2.75, 3.05) is 6.54 Å². The molecule has 3 heteroatoms. The summed E-state index contributed by atoms with van der Waals surface area (Å²) in [5.74, 6) is 0.120. The molecular formula is C14H22N2O. The average molecular weight is 234 g/mol. The zero-order valence-electron chi connectivity index (χ0n) is 10.5. The van der Waals surface area contributed by atoms with E-state index in [9.17, 15) is 4.79 Å². The fraction of sp³-hybridized carbons (Fsp3) is 0.500. The third-order valence-corrected chi connectivity index (χ3v) is 2.80. The van der Waals surface area contributed by atoms with Gasteiger partial charge in [-0.25, -0.2) is 0 Å². The molecule has 0 saturated carbocycles. The van der Waals surface area contributed by atoms with Crippen molar-refractivity contribution in [1.82, 2.24) is 5.32 Å². The highest BCUT2D eigenvalue weighted by Gasteiger charge is 2.11. The SMILES string of the molecule is CCC(NC(=O)CCCCN)c1ccccc1. The molecule has 94 valence electrons. The molecule has 1 amide bonds. The quantitative estimate of drug-likeness (QED) is 0.712. The number of unbranched alkanes of at least 4 members (excludes halogenated alkanes) is 1. The first-order chi connectivity index (χ1) is 8.27. The van der Waals surface area contributed by atoms with Crippen LogP contribution in [0.15, 0.2) is 30.3 Å². The van der Waals surface area contributed by atoms with E-state index in [1.54, 1.807) is 0 Å². The van der Waals surface area contributed by atoms with Crippen molar-refractivity contribution >= 4 is 5.91 Å². The lowest BCUT2D eigenvalue weighted by Gasteiger charge is -2.17. The van der Waals surface area contributed by atoms with Crippen LogP contribution in [0.4, 0.5) is 0 Å². The van der Waals surface area contributed by atoms with Gasteiger partial charge in [0.1, 0.15) is 0 Å². The van der Waals surface area contributed by atoms with E-state index in [1.807, 2.05) is 30.3 Å². The van der Waals surface area contributed by atoms with Crippen molar-refractivity contribution in [3.63, 3.8) is 0 Å². The van der Waals surface area contributed by atoms with Gasteiger partial charge in [-0.15, -0.1) is 0 Å². The third-order valence-electron chi connectivity index (χ3n) is 2.80. The van der Waals surface area contributed by atoms with E-state index in [-0.39, 0.29) is 11.9 Å². The van der Waals surface area contributed by atoms with Crippen LogP contribution in [0.25, 0.3) is 0 Å². The van der Waals surface area contributed by atoms with Crippen LogP contribution in [0.5, 0.6) is 0 Å². The Bertz CT molecular complexity index is 324. The van der Waals surface area contributed by atoms with Gasteiger partial charge in [-0.2, -0.15) is 0 Å². The number of rotatable bonds is 7.